The van der Waals surface area contributed by atoms with E-state index in [1.54, 1.807) is 0 Å². The summed E-state index contributed by atoms with van der Waals surface area (Å²) in [7, 11) is 0. The lowest BCUT2D eigenvalue weighted by Crippen LogP contribution is -2.50. The van der Waals surface area contributed by atoms with Crippen LogP contribution in [-0.2, 0) is 4.79 Å². The summed E-state index contributed by atoms with van der Waals surface area (Å²) < 4.78 is 5.87. The summed E-state index contributed by atoms with van der Waals surface area (Å²) in [6, 6.07) is 7.52. The molecule has 0 unspecified atom stereocenters. The molecule has 3 aliphatic rings. The van der Waals surface area contributed by atoms with Gasteiger partial charge in [-0.1, -0.05) is 31.9 Å². The van der Waals surface area contributed by atoms with E-state index in [1.165, 1.54) is 12.8 Å². The summed E-state index contributed by atoms with van der Waals surface area (Å²) in [5, 5.41) is 3.20. The number of piperidine rings is 2. The van der Waals surface area contributed by atoms with Crippen molar-refractivity contribution in [1.82, 2.24) is 15.1 Å². The zero-order valence-corrected chi connectivity index (χ0v) is 19.6. The van der Waals surface area contributed by atoms with E-state index in [1.807, 2.05) is 24.3 Å². The number of para-hydroxylation sites is 1. The Bertz CT molecular complexity index is 780. The Kier molecular flexibility index (Phi) is 7.71. The highest BCUT2D eigenvalue weighted by molar-refractivity contribution is 5.96. The molecule has 0 aromatic heterocycles. The highest BCUT2D eigenvalue weighted by Gasteiger charge is 2.36. The number of rotatable bonds is 2. The van der Waals surface area contributed by atoms with Crippen molar-refractivity contribution in [3.05, 3.63) is 29.8 Å². The van der Waals surface area contributed by atoms with Crippen LogP contribution < -0.4 is 10.1 Å². The Morgan fingerprint density at radius 2 is 1.81 bits per heavy atom. The molecule has 6 heteroatoms. The number of hydrogen-bond donors (Lipinski definition) is 1. The van der Waals surface area contributed by atoms with Gasteiger partial charge in [-0.2, -0.15) is 0 Å². The minimum Gasteiger partial charge on any atom is -0.493 e. The second-order valence-electron chi connectivity index (χ2n) is 10.2. The van der Waals surface area contributed by atoms with Crippen LogP contribution in [-0.4, -0.2) is 67.5 Å². The van der Waals surface area contributed by atoms with Gasteiger partial charge in [0, 0.05) is 19.6 Å². The van der Waals surface area contributed by atoms with E-state index in [-0.39, 0.29) is 17.2 Å². The minimum atomic E-state index is -0.0571. The van der Waals surface area contributed by atoms with Gasteiger partial charge in [-0.25, -0.2) is 0 Å². The van der Waals surface area contributed by atoms with Crippen molar-refractivity contribution < 1.29 is 14.3 Å². The lowest BCUT2D eigenvalue weighted by atomic mass is 9.74. The summed E-state index contributed by atoms with van der Waals surface area (Å²) in [4.78, 5) is 30.2. The molecule has 1 aromatic rings. The number of likely N-dealkylation sites (tertiary alicyclic amines) is 2. The molecule has 1 aromatic carbocycles. The van der Waals surface area contributed by atoms with E-state index in [0.29, 0.717) is 31.0 Å². The average molecular weight is 442 g/mol. The Morgan fingerprint density at radius 1 is 1.06 bits per heavy atom. The zero-order chi connectivity index (χ0) is 22.4. The first kappa shape index (κ1) is 23.1. The van der Waals surface area contributed by atoms with E-state index in [2.05, 4.69) is 22.0 Å². The maximum Gasteiger partial charge on any atom is 0.255 e. The van der Waals surface area contributed by atoms with Crippen LogP contribution in [0.4, 0.5) is 0 Å². The van der Waals surface area contributed by atoms with E-state index >= 15 is 0 Å². The number of hydrogen-bond acceptors (Lipinski definition) is 4. The maximum atomic E-state index is 12.9. The van der Waals surface area contributed by atoms with Gasteiger partial charge >= 0.3 is 0 Å². The fourth-order valence-electron chi connectivity index (χ4n) is 5.36. The van der Waals surface area contributed by atoms with Gasteiger partial charge in [0.15, 0.2) is 0 Å². The Labute approximate surface area is 192 Å². The summed E-state index contributed by atoms with van der Waals surface area (Å²) in [6.07, 6.45) is 8.71. The lowest BCUT2D eigenvalue weighted by Gasteiger charge is -2.43. The molecule has 4 rings (SSSR count). The van der Waals surface area contributed by atoms with Crippen molar-refractivity contribution in [3.8, 4) is 5.75 Å². The quantitative estimate of drug-likeness (QED) is 0.760. The smallest absolute Gasteiger partial charge is 0.255 e. The van der Waals surface area contributed by atoms with Gasteiger partial charge in [0.25, 0.3) is 5.91 Å². The number of carbonyl (C=O) groups excluding carboxylic acids is 2. The molecule has 3 aliphatic heterocycles. The third-order valence-electron chi connectivity index (χ3n) is 7.78. The van der Waals surface area contributed by atoms with Crippen LogP contribution in [0.2, 0.25) is 0 Å². The molecule has 0 bridgehead atoms. The molecule has 32 heavy (non-hydrogen) atoms. The highest BCUT2D eigenvalue weighted by Crippen LogP contribution is 2.37. The number of nitrogens with zero attached hydrogens (tertiary/aromatic N) is 2. The second-order valence-corrected chi connectivity index (χ2v) is 10.2. The molecular formula is C26H39N3O3. The fourth-order valence-corrected chi connectivity index (χ4v) is 5.36. The van der Waals surface area contributed by atoms with Gasteiger partial charge < -0.3 is 15.0 Å². The SMILES string of the molecule is CC1CCN(CC(=O)N2CCC3(CCCCCOc4ccccc4C(=O)NC3)CC2)CC1. The molecule has 0 radical (unpaired) electrons. The zero-order valence-electron chi connectivity index (χ0n) is 19.6. The number of amides is 2. The molecule has 0 saturated carbocycles. The first-order valence-corrected chi connectivity index (χ1v) is 12.5. The van der Waals surface area contributed by atoms with Crippen LogP contribution in [0.1, 0.15) is 68.6 Å². The van der Waals surface area contributed by atoms with E-state index in [4.69, 9.17) is 4.74 Å². The normalized spacial score (nSPS) is 23.4. The molecule has 6 nitrogen and oxygen atoms in total. The number of benzene rings is 1. The third kappa shape index (κ3) is 5.83. The minimum absolute atomic E-state index is 0.0571. The molecule has 2 fully saturated rings. The van der Waals surface area contributed by atoms with Gasteiger partial charge in [0.1, 0.15) is 5.75 Å². The number of ether oxygens (including phenoxy) is 1. The second kappa shape index (κ2) is 10.7. The molecule has 0 aliphatic carbocycles. The van der Waals surface area contributed by atoms with E-state index in [9.17, 15) is 9.59 Å². The Balaban J connectivity index is 1.35. The van der Waals surface area contributed by atoms with Crippen LogP contribution in [0.15, 0.2) is 24.3 Å². The first-order chi connectivity index (χ1) is 15.5. The summed E-state index contributed by atoms with van der Waals surface area (Å²) >= 11 is 0. The Morgan fingerprint density at radius 3 is 2.59 bits per heavy atom. The fraction of sp³-hybridized carbons (Fsp3) is 0.692. The van der Waals surface area contributed by atoms with Crippen molar-refractivity contribution in [2.24, 2.45) is 11.3 Å². The molecule has 176 valence electrons. The summed E-state index contributed by atoms with van der Waals surface area (Å²) in [6.45, 7) is 7.88. The summed E-state index contributed by atoms with van der Waals surface area (Å²) in [5.41, 5.74) is 0.703. The third-order valence-corrected chi connectivity index (χ3v) is 7.78. The van der Waals surface area contributed by atoms with Crippen molar-refractivity contribution in [2.45, 2.75) is 58.3 Å². The predicted molar refractivity (Wildman–Crippen MR) is 126 cm³/mol. The molecule has 2 amide bonds. The number of carbonyl (C=O) groups is 2. The molecule has 1 spiro atoms. The molecular weight excluding hydrogens is 402 g/mol. The van der Waals surface area contributed by atoms with Gasteiger partial charge in [0.2, 0.25) is 5.91 Å². The molecule has 1 N–H and O–H groups in total. The van der Waals surface area contributed by atoms with E-state index in [0.717, 1.165) is 70.6 Å². The van der Waals surface area contributed by atoms with Crippen LogP contribution in [0.25, 0.3) is 0 Å². The van der Waals surface area contributed by atoms with Crippen LogP contribution in [0, 0.1) is 11.3 Å². The predicted octanol–water partition coefficient (Wildman–Crippen LogP) is 3.71. The van der Waals surface area contributed by atoms with Gasteiger partial charge in [-0.15, -0.1) is 0 Å². The largest absolute Gasteiger partial charge is 0.493 e. The lowest BCUT2D eigenvalue weighted by molar-refractivity contribution is -0.135. The van der Waals surface area contributed by atoms with Crippen LogP contribution in [0.3, 0.4) is 0 Å². The van der Waals surface area contributed by atoms with Crippen LogP contribution >= 0.6 is 0 Å². The molecule has 0 atom stereocenters. The van der Waals surface area contributed by atoms with Crippen molar-refractivity contribution in [2.75, 3.05) is 45.9 Å². The standard InChI is InChI=1S/C26H39N3O3/c1-21-9-14-28(15-10-21)19-24(30)29-16-12-26(13-17-29)11-5-2-6-18-32-23-8-4-3-7-22(23)25(31)27-20-26/h3-4,7-8,21H,2,5-6,9-20H2,1H3,(H,27,31). The Hall–Kier alpha value is -2.08. The number of fused-ring (bicyclic) bond motifs is 1. The molecule has 2 saturated heterocycles. The van der Waals surface area contributed by atoms with Crippen molar-refractivity contribution >= 4 is 11.8 Å². The summed E-state index contributed by atoms with van der Waals surface area (Å²) in [5.74, 6) is 1.68. The topological polar surface area (TPSA) is 61.9 Å². The number of nitrogens with one attached hydrogen (secondary N) is 1. The monoisotopic (exact) mass is 441 g/mol. The van der Waals surface area contributed by atoms with Gasteiger partial charge in [0.05, 0.1) is 18.7 Å². The van der Waals surface area contributed by atoms with Crippen LogP contribution in [0.5, 0.6) is 5.75 Å². The van der Waals surface area contributed by atoms with Crippen molar-refractivity contribution in [1.29, 1.82) is 0 Å². The highest BCUT2D eigenvalue weighted by atomic mass is 16.5. The average Bonchev–Trinajstić information content (AvgIpc) is 2.81. The van der Waals surface area contributed by atoms with Gasteiger partial charge in [-0.3, -0.25) is 14.5 Å². The maximum absolute atomic E-state index is 12.9. The van der Waals surface area contributed by atoms with Gasteiger partial charge in [-0.05, 0) is 75.1 Å². The van der Waals surface area contributed by atoms with Crippen molar-refractivity contribution in [3.63, 3.8) is 0 Å². The van der Waals surface area contributed by atoms with E-state index < -0.39 is 0 Å². The first-order valence-electron chi connectivity index (χ1n) is 12.5. The molecule has 3 heterocycles.